The molecule has 0 spiro atoms. The molecule has 2 aromatic rings. The Hall–Kier alpha value is -2.17. The van der Waals surface area contributed by atoms with Gasteiger partial charge in [-0.1, -0.05) is 0 Å². The second-order valence-corrected chi connectivity index (χ2v) is 4.21. The first-order valence-corrected chi connectivity index (χ1v) is 5.49. The van der Waals surface area contributed by atoms with Gasteiger partial charge in [-0.25, -0.2) is 9.97 Å². The van der Waals surface area contributed by atoms with E-state index in [0.29, 0.717) is 5.56 Å². The monoisotopic (exact) mass is 228 g/mol. The average Bonchev–Trinajstić information content (AvgIpc) is 2.72. The molecule has 0 fully saturated rings. The van der Waals surface area contributed by atoms with Crippen LogP contribution < -0.4 is 5.73 Å². The van der Waals surface area contributed by atoms with Crippen LogP contribution in [0.2, 0.25) is 0 Å². The average molecular weight is 228 g/mol. The van der Waals surface area contributed by atoms with E-state index in [1.165, 1.54) is 0 Å². The third-order valence-corrected chi connectivity index (χ3v) is 3.12. The van der Waals surface area contributed by atoms with Crippen molar-refractivity contribution in [2.45, 2.75) is 19.8 Å². The zero-order valence-electron chi connectivity index (χ0n) is 9.45. The third kappa shape index (κ3) is 1.43. The Morgan fingerprint density at radius 2 is 2.29 bits per heavy atom. The smallest absolute Gasteiger partial charge is 0.250 e. The molecule has 0 atom stereocenters. The lowest BCUT2D eigenvalue weighted by Gasteiger charge is -2.15. The van der Waals surface area contributed by atoms with Crippen molar-refractivity contribution in [3.8, 4) is 11.4 Å². The van der Waals surface area contributed by atoms with Crippen LogP contribution in [0.4, 0.5) is 0 Å². The van der Waals surface area contributed by atoms with Gasteiger partial charge in [0.25, 0.3) is 5.91 Å². The lowest BCUT2D eigenvalue weighted by molar-refractivity contribution is 0.0999. The highest BCUT2D eigenvalue weighted by molar-refractivity contribution is 5.96. The highest BCUT2D eigenvalue weighted by atomic mass is 16.1. The molecule has 0 aromatic carbocycles. The number of carbonyl (C=O) groups is 1. The van der Waals surface area contributed by atoms with Gasteiger partial charge in [0.15, 0.2) is 0 Å². The minimum absolute atomic E-state index is 0.392. The topological polar surface area (TPSA) is 84.7 Å². The van der Waals surface area contributed by atoms with E-state index in [1.807, 2.05) is 13.1 Å². The molecule has 17 heavy (non-hydrogen) atoms. The van der Waals surface area contributed by atoms with E-state index in [1.54, 1.807) is 6.20 Å². The summed E-state index contributed by atoms with van der Waals surface area (Å²) in [5.74, 6) is 0.337. The zero-order chi connectivity index (χ0) is 12.0. The second-order valence-electron chi connectivity index (χ2n) is 4.21. The van der Waals surface area contributed by atoms with Gasteiger partial charge >= 0.3 is 0 Å². The maximum Gasteiger partial charge on any atom is 0.250 e. The Morgan fingerprint density at radius 3 is 3.06 bits per heavy atom. The van der Waals surface area contributed by atoms with Crippen molar-refractivity contribution in [2.24, 2.45) is 5.73 Å². The van der Waals surface area contributed by atoms with Crippen molar-refractivity contribution in [3.63, 3.8) is 0 Å². The number of carbonyl (C=O) groups excluding carboxylic acids is 1. The number of nitrogens with one attached hydrogen (secondary N) is 1. The van der Waals surface area contributed by atoms with E-state index in [4.69, 9.17) is 5.73 Å². The minimum Gasteiger partial charge on any atom is -0.366 e. The summed E-state index contributed by atoms with van der Waals surface area (Å²) < 4.78 is 0. The molecule has 3 rings (SSSR count). The molecule has 3 N–H and O–H groups in total. The van der Waals surface area contributed by atoms with Crippen LogP contribution in [-0.4, -0.2) is 20.9 Å². The SMILES string of the molecule is Cc1ncc2c(n1)-c1[nH]cc(C(N)=O)c1CC2. The van der Waals surface area contributed by atoms with Crippen LogP contribution in [0.25, 0.3) is 11.4 Å². The number of fused-ring (bicyclic) bond motifs is 3. The summed E-state index contributed by atoms with van der Waals surface area (Å²) >= 11 is 0. The quantitative estimate of drug-likeness (QED) is 0.762. The normalized spacial score (nSPS) is 13.0. The Balaban J connectivity index is 2.23. The number of aryl methyl sites for hydroxylation is 2. The molecule has 0 unspecified atom stereocenters. The van der Waals surface area contributed by atoms with Crippen molar-refractivity contribution < 1.29 is 4.79 Å². The first-order valence-electron chi connectivity index (χ1n) is 5.49. The molecule has 5 heteroatoms. The summed E-state index contributed by atoms with van der Waals surface area (Å²) in [5.41, 5.74) is 9.80. The molecule has 0 saturated heterocycles. The van der Waals surface area contributed by atoms with Crippen LogP contribution in [0.1, 0.15) is 27.3 Å². The molecule has 0 radical (unpaired) electrons. The molecule has 2 heterocycles. The standard InChI is InChI=1S/C12H12N4O/c1-6-14-4-7-2-3-8-9(12(13)17)5-15-11(8)10(7)16-6/h4-5,15H,2-3H2,1H3,(H2,13,17). The summed E-state index contributed by atoms with van der Waals surface area (Å²) in [6, 6.07) is 0. The summed E-state index contributed by atoms with van der Waals surface area (Å²) in [7, 11) is 0. The number of nitrogens with zero attached hydrogens (tertiary/aromatic N) is 2. The zero-order valence-corrected chi connectivity index (χ0v) is 9.45. The van der Waals surface area contributed by atoms with Crippen molar-refractivity contribution in [1.82, 2.24) is 15.0 Å². The van der Waals surface area contributed by atoms with Crippen LogP contribution in [0.3, 0.4) is 0 Å². The molecule has 1 amide bonds. The lowest BCUT2D eigenvalue weighted by atomic mass is 9.93. The maximum atomic E-state index is 11.3. The summed E-state index contributed by atoms with van der Waals surface area (Å²) in [4.78, 5) is 23.0. The van der Waals surface area contributed by atoms with Crippen molar-refractivity contribution in [2.75, 3.05) is 0 Å². The molecule has 1 aliphatic rings. The van der Waals surface area contributed by atoms with Crippen molar-refractivity contribution >= 4 is 5.91 Å². The van der Waals surface area contributed by atoms with Crippen molar-refractivity contribution in [1.29, 1.82) is 0 Å². The van der Waals surface area contributed by atoms with Gasteiger partial charge in [-0.2, -0.15) is 0 Å². The molecule has 2 aromatic heterocycles. The van der Waals surface area contributed by atoms with E-state index in [2.05, 4.69) is 15.0 Å². The van der Waals surface area contributed by atoms with Gasteiger partial charge in [0.05, 0.1) is 17.0 Å². The number of nitrogens with two attached hydrogens (primary N) is 1. The number of hydrogen-bond donors (Lipinski definition) is 2. The number of H-pyrrole nitrogens is 1. The molecule has 0 bridgehead atoms. The number of aromatic amines is 1. The van der Waals surface area contributed by atoms with Crippen LogP contribution in [0.15, 0.2) is 12.4 Å². The van der Waals surface area contributed by atoms with Gasteiger partial charge < -0.3 is 10.7 Å². The molecule has 0 saturated carbocycles. The summed E-state index contributed by atoms with van der Waals surface area (Å²) in [6.45, 7) is 1.85. The maximum absolute atomic E-state index is 11.3. The van der Waals surface area contributed by atoms with Gasteiger partial charge in [0, 0.05) is 12.4 Å². The van der Waals surface area contributed by atoms with Gasteiger partial charge in [-0.15, -0.1) is 0 Å². The fraction of sp³-hybridized carbons (Fsp3) is 0.250. The van der Waals surface area contributed by atoms with Crippen LogP contribution >= 0.6 is 0 Å². The van der Waals surface area contributed by atoms with Crippen LogP contribution in [-0.2, 0) is 12.8 Å². The van der Waals surface area contributed by atoms with E-state index in [0.717, 1.165) is 41.2 Å². The van der Waals surface area contributed by atoms with E-state index < -0.39 is 5.91 Å². The second kappa shape index (κ2) is 3.41. The summed E-state index contributed by atoms with van der Waals surface area (Å²) in [6.07, 6.45) is 5.17. The Kier molecular flexibility index (Phi) is 2.01. The first kappa shape index (κ1) is 10.0. The minimum atomic E-state index is -0.392. The Bertz CT molecular complexity index is 615. The fourth-order valence-electron chi connectivity index (χ4n) is 2.30. The van der Waals surface area contributed by atoms with E-state index in [9.17, 15) is 4.79 Å². The third-order valence-electron chi connectivity index (χ3n) is 3.12. The van der Waals surface area contributed by atoms with Crippen LogP contribution in [0.5, 0.6) is 0 Å². The molecule has 86 valence electrons. The molecule has 5 nitrogen and oxygen atoms in total. The fourth-order valence-corrected chi connectivity index (χ4v) is 2.30. The van der Waals surface area contributed by atoms with Crippen molar-refractivity contribution in [3.05, 3.63) is 34.9 Å². The molecule has 1 aliphatic carbocycles. The van der Waals surface area contributed by atoms with Crippen LogP contribution in [0, 0.1) is 6.92 Å². The lowest BCUT2D eigenvalue weighted by Crippen LogP contribution is -2.14. The van der Waals surface area contributed by atoms with E-state index >= 15 is 0 Å². The number of hydrogen-bond acceptors (Lipinski definition) is 3. The largest absolute Gasteiger partial charge is 0.366 e. The highest BCUT2D eigenvalue weighted by Crippen LogP contribution is 2.32. The molecular formula is C12H12N4O. The predicted octanol–water partition coefficient (Wildman–Crippen LogP) is 0.978. The van der Waals surface area contributed by atoms with E-state index in [-0.39, 0.29) is 0 Å². The number of rotatable bonds is 1. The summed E-state index contributed by atoms with van der Waals surface area (Å²) in [5, 5.41) is 0. The van der Waals surface area contributed by atoms with Gasteiger partial charge in [0.2, 0.25) is 0 Å². The number of aromatic nitrogens is 3. The predicted molar refractivity (Wildman–Crippen MR) is 62.5 cm³/mol. The number of amides is 1. The molecular weight excluding hydrogens is 216 g/mol. The van der Waals surface area contributed by atoms with Gasteiger partial charge in [-0.05, 0) is 30.9 Å². The highest BCUT2D eigenvalue weighted by Gasteiger charge is 2.23. The first-order chi connectivity index (χ1) is 8.16. The Labute approximate surface area is 98.1 Å². The molecule has 0 aliphatic heterocycles. The number of primary amides is 1. The van der Waals surface area contributed by atoms with Gasteiger partial charge in [-0.3, -0.25) is 4.79 Å². The Morgan fingerprint density at radius 1 is 1.47 bits per heavy atom. The van der Waals surface area contributed by atoms with Gasteiger partial charge in [0.1, 0.15) is 5.82 Å².